The minimum absolute atomic E-state index is 0.00943. The van der Waals surface area contributed by atoms with Crippen molar-refractivity contribution in [2.24, 2.45) is 0 Å². The van der Waals surface area contributed by atoms with Crippen LogP contribution in [0.4, 0.5) is 5.69 Å². The Labute approximate surface area is 205 Å². The number of ether oxygens (including phenoxy) is 2. The summed E-state index contributed by atoms with van der Waals surface area (Å²) in [7, 11) is 0. The molecule has 1 N–H and O–H groups in total. The number of fused-ring (bicyclic) bond motifs is 1. The van der Waals surface area contributed by atoms with Crippen LogP contribution < -0.4 is 9.04 Å². The molecule has 2 unspecified atom stereocenters. The fourth-order valence-electron chi connectivity index (χ4n) is 4.07. The molecule has 0 fully saturated rings. The van der Waals surface area contributed by atoms with Gasteiger partial charge in [-0.2, -0.15) is 5.10 Å². The van der Waals surface area contributed by atoms with E-state index in [9.17, 15) is 13.6 Å². The standard InChI is InChI=1S/C23H25ClN4O5S/c1-3-32-22(29)14-27-20-5-4-6-21(19(20)13-26-27)28(34(30)31)17-11-15(2)23(25-12-17)33-18-9-7-16(24)8-10-18/h7-13,21H,3-6,14H2,1-2H3,(H,30,31). The number of carbonyl (C=O) groups excluding carboxylic acids is 1. The highest BCUT2D eigenvalue weighted by Crippen LogP contribution is 2.38. The van der Waals surface area contributed by atoms with E-state index in [-0.39, 0.29) is 12.5 Å². The molecule has 2 atom stereocenters. The molecule has 0 aliphatic heterocycles. The van der Waals surface area contributed by atoms with Gasteiger partial charge in [0.2, 0.25) is 5.88 Å². The van der Waals surface area contributed by atoms with Gasteiger partial charge in [-0.25, -0.2) is 9.19 Å². The zero-order valence-electron chi connectivity index (χ0n) is 18.8. The Kier molecular flexibility index (Phi) is 7.50. The van der Waals surface area contributed by atoms with E-state index in [4.69, 9.17) is 21.1 Å². The van der Waals surface area contributed by atoms with Gasteiger partial charge in [0.1, 0.15) is 12.3 Å². The molecule has 0 amide bonds. The number of aromatic nitrogens is 3. The first-order valence-electron chi connectivity index (χ1n) is 10.9. The summed E-state index contributed by atoms with van der Waals surface area (Å²) in [5, 5.41) is 4.96. The van der Waals surface area contributed by atoms with E-state index in [1.54, 1.807) is 48.1 Å². The number of rotatable bonds is 8. The molecule has 0 saturated heterocycles. The highest BCUT2D eigenvalue weighted by atomic mass is 35.5. The summed E-state index contributed by atoms with van der Waals surface area (Å²) in [6.07, 6.45) is 5.35. The van der Waals surface area contributed by atoms with Gasteiger partial charge >= 0.3 is 5.97 Å². The van der Waals surface area contributed by atoms with Gasteiger partial charge in [0.15, 0.2) is 0 Å². The zero-order chi connectivity index (χ0) is 24.2. The molecule has 4 rings (SSSR count). The topological polar surface area (TPSA) is 107 Å². The summed E-state index contributed by atoms with van der Waals surface area (Å²) in [6.45, 7) is 3.88. The maximum atomic E-state index is 12.5. The Morgan fingerprint density at radius 1 is 1.32 bits per heavy atom. The third-order valence-electron chi connectivity index (χ3n) is 5.57. The number of aryl methyl sites for hydroxylation is 1. The van der Waals surface area contributed by atoms with Crippen LogP contribution in [0.5, 0.6) is 11.6 Å². The molecule has 1 aromatic carbocycles. The normalized spacial score (nSPS) is 15.9. The highest BCUT2D eigenvalue weighted by molar-refractivity contribution is 7.80. The molecule has 180 valence electrons. The summed E-state index contributed by atoms with van der Waals surface area (Å²) in [4.78, 5) is 16.3. The van der Waals surface area contributed by atoms with Crippen LogP contribution in [0.3, 0.4) is 0 Å². The molecule has 0 radical (unpaired) electrons. The number of pyridine rings is 1. The van der Waals surface area contributed by atoms with Crippen molar-refractivity contribution in [3.63, 3.8) is 0 Å². The van der Waals surface area contributed by atoms with Crippen molar-refractivity contribution >= 4 is 34.5 Å². The van der Waals surface area contributed by atoms with E-state index in [0.717, 1.165) is 24.1 Å². The lowest BCUT2D eigenvalue weighted by molar-refractivity contribution is -0.144. The van der Waals surface area contributed by atoms with Crippen LogP contribution in [-0.2, 0) is 33.8 Å². The fourth-order valence-corrected chi connectivity index (χ4v) is 4.91. The second-order valence-corrected chi connectivity index (χ2v) is 9.14. The first kappa shape index (κ1) is 24.2. The summed E-state index contributed by atoms with van der Waals surface area (Å²) < 4.78 is 36.6. The molecule has 0 bridgehead atoms. The van der Waals surface area contributed by atoms with Crippen LogP contribution >= 0.6 is 11.6 Å². The Morgan fingerprint density at radius 2 is 2.09 bits per heavy atom. The molecule has 2 heterocycles. The van der Waals surface area contributed by atoms with Crippen molar-refractivity contribution in [2.75, 3.05) is 10.9 Å². The van der Waals surface area contributed by atoms with E-state index in [1.807, 2.05) is 6.92 Å². The van der Waals surface area contributed by atoms with Gasteiger partial charge in [-0.05, 0) is 63.4 Å². The quantitative estimate of drug-likeness (QED) is 0.352. The van der Waals surface area contributed by atoms with E-state index >= 15 is 0 Å². The third kappa shape index (κ3) is 5.24. The minimum Gasteiger partial charge on any atom is -0.465 e. The molecule has 1 aliphatic rings. The van der Waals surface area contributed by atoms with Crippen LogP contribution in [-0.4, -0.2) is 36.1 Å². The van der Waals surface area contributed by atoms with E-state index in [1.165, 1.54) is 10.5 Å². The molecule has 11 heteroatoms. The van der Waals surface area contributed by atoms with Crippen LogP contribution in [0, 0.1) is 6.92 Å². The molecule has 34 heavy (non-hydrogen) atoms. The SMILES string of the molecule is CCOC(=O)Cn1ncc2c1CCCC2N(c1cnc(Oc2ccc(Cl)cc2)c(C)c1)S(=O)O. The Hall–Kier alpha value is -2.95. The molecular weight excluding hydrogens is 480 g/mol. The molecule has 0 spiro atoms. The van der Waals surface area contributed by atoms with Gasteiger partial charge in [-0.3, -0.25) is 18.3 Å². The van der Waals surface area contributed by atoms with Crippen LogP contribution in [0.1, 0.15) is 42.6 Å². The average Bonchev–Trinajstić information content (AvgIpc) is 3.20. The molecule has 3 aromatic rings. The summed E-state index contributed by atoms with van der Waals surface area (Å²) in [5.41, 5.74) is 2.87. The van der Waals surface area contributed by atoms with Crippen molar-refractivity contribution in [1.82, 2.24) is 14.8 Å². The number of hydrogen-bond acceptors (Lipinski definition) is 6. The van der Waals surface area contributed by atoms with Crippen LogP contribution in [0.2, 0.25) is 5.02 Å². The Bertz CT molecular complexity index is 1200. The number of anilines is 1. The number of carbonyl (C=O) groups is 1. The van der Waals surface area contributed by atoms with Gasteiger partial charge in [0, 0.05) is 21.8 Å². The average molecular weight is 505 g/mol. The summed E-state index contributed by atoms with van der Waals surface area (Å²) in [6, 6.07) is 8.30. The van der Waals surface area contributed by atoms with Gasteiger partial charge in [0.25, 0.3) is 11.3 Å². The number of halogens is 1. The lowest BCUT2D eigenvalue weighted by atomic mass is 9.92. The van der Waals surface area contributed by atoms with E-state index < -0.39 is 17.3 Å². The van der Waals surface area contributed by atoms with Crippen molar-refractivity contribution < 1.29 is 23.0 Å². The first-order chi connectivity index (χ1) is 16.4. The summed E-state index contributed by atoms with van der Waals surface area (Å²) in [5.74, 6) is 0.608. The van der Waals surface area contributed by atoms with E-state index in [2.05, 4.69) is 10.1 Å². The summed E-state index contributed by atoms with van der Waals surface area (Å²) >= 11 is 3.61. The van der Waals surface area contributed by atoms with Crippen molar-refractivity contribution in [2.45, 2.75) is 45.7 Å². The van der Waals surface area contributed by atoms with Gasteiger partial charge in [-0.15, -0.1) is 0 Å². The Balaban J connectivity index is 1.60. The smallest absolute Gasteiger partial charge is 0.327 e. The second kappa shape index (κ2) is 10.5. The number of hydrogen-bond donors (Lipinski definition) is 1. The molecule has 0 saturated carbocycles. The van der Waals surface area contributed by atoms with Gasteiger partial charge < -0.3 is 9.47 Å². The lowest BCUT2D eigenvalue weighted by Crippen LogP contribution is -2.33. The van der Waals surface area contributed by atoms with Crippen LogP contribution in [0.25, 0.3) is 0 Å². The van der Waals surface area contributed by atoms with Crippen molar-refractivity contribution in [3.05, 3.63) is 64.6 Å². The second-order valence-electron chi connectivity index (χ2n) is 7.85. The van der Waals surface area contributed by atoms with Gasteiger partial charge in [-0.1, -0.05) is 11.6 Å². The monoisotopic (exact) mass is 504 g/mol. The largest absolute Gasteiger partial charge is 0.465 e. The number of nitrogens with zero attached hydrogens (tertiary/aromatic N) is 4. The fraction of sp³-hybridized carbons (Fsp3) is 0.348. The molecular formula is C23H25ClN4O5S. The third-order valence-corrected chi connectivity index (χ3v) is 6.62. The Morgan fingerprint density at radius 3 is 2.76 bits per heavy atom. The molecule has 1 aliphatic carbocycles. The highest BCUT2D eigenvalue weighted by Gasteiger charge is 2.33. The first-order valence-corrected chi connectivity index (χ1v) is 12.3. The number of esters is 1. The van der Waals surface area contributed by atoms with Crippen molar-refractivity contribution in [3.8, 4) is 11.6 Å². The van der Waals surface area contributed by atoms with E-state index in [0.29, 0.717) is 40.9 Å². The zero-order valence-corrected chi connectivity index (χ0v) is 20.4. The lowest BCUT2D eigenvalue weighted by Gasteiger charge is -2.32. The van der Waals surface area contributed by atoms with Gasteiger partial charge in [0.05, 0.1) is 30.7 Å². The minimum atomic E-state index is -2.31. The molecule has 9 nitrogen and oxygen atoms in total. The van der Waals surface area contributed by atoms with Crippen molar-refractivity contribution in [1.29, 1.82) is 0 Å². The predicted molar refractivity (Wildman–Crippen MR) is 128 cm³/mol. The van der Waals surface area contributed by atoms with Crippen LogP contribution in [0.15, 0.2) is 42.7 Å². The maximum Gasteiger partial charge on any atom is 0.327 e. The molecule has 2 aromatic heterocycles. The predicted octanol–water partition coefficient (Wildman–Crippen LogP) is 4.62. The maximum absolute atomic E-state index is 12.5. The number of benzene rings is 1.